The maximum atomic E-state index is 6.37. The molecule has 0 aliphatic carbocycles. The number of allylic oxidation sites excluding steroid dienone is 1. The first-order valence-corrected chi connectivity index (χ1v) is 8.40. The summed E-state index contributed by atoms with van der Waals surface area (Å²) in [7, 11) is 0. The van der Waals surface area contributed by atoms with Crippen molar-refractivity contribution < 1.29 is 9.47 Å². The number of hydrogen-bond acceptors (Lipinski definition) is 2. The molecule has 0 amide bonds. The third kappa shape index (κ3) is 3.95. The van der Waals surface area contributed by atoms with E-state index in [0.29, 0.717) is 6.61 Å². The van der Waals surface area contributed by atoms with E-state index in [0.717, 1.165) is 37.2 Å². The number of hydrogen-bond donors (Lipinski definition) is 0. The van der Waals surface area contributed by atoms with Crippen LogP contribution in [0.5, 0.6) is 11.5 Å². The van der Waals surface area contributed by atoms with Gasteiger partial charge in [0.25, 0.3) is 0 Å². The lowest BCUT2D eigenvalue weighted by Gasteiger charge is -2.36. The molecular formula is C21H24O2. The molecule has 0 spiro atoms. The summed E-state index contributed by atoms with van der Waals surface area (Å²) in [5.74, 6) is 1.96. The monoisotopic (exact) mass is 308 g/mol. The lowest BCUT2D eigenvalue weighted by atomic mass is 9.87. The second-order valence-corrected chi connectivity index (χ2v) is 6.04. The molecule has 1 atom stereocenters. The highest BCUT2D eigenvalue weighted by atomic mass is 16.5. The Bertz CT molecular complexity index is 648. The minimum atomic E-state index is -0.191. The SMILES string of the molecule is C/C=C\C1(CCCOc2ccccc2)CCc2ccccc2O1. The van der Waals surface area contributed by atoms with Crippen LogP contribution in [0.1, 0.15) is 31.7 Å². The van der Waals surface area contributed by atoms with Crippen molar-refractivity contribution in [2.24, 2.45) is 0 Å². The van der Waals surface area contributed by atoms with Gasteiger partial charge >= 0.3 is 0 Å². The third-order valence-corrected chi connectivity index (χ3v) is 4.33. The number of rotatable bonds is 6. The van der Waals surface area contributed by atoms with Crippen LogP contribution in [-0.2, 0) is 6.42 Å². The van der Waals surface area contributed by atoms with Crippen molar-refractivity contribution >= 4 is 0 Å². The number of aryl methyl sites for hydroxylation is 1. The zero-order valence-electron chi connectivity index (χ0n) is 13.7. The van der Waals surface area contributed by atoms with E-state index in [1.54, 1.807) is 0 Å². The first kappa shape index (κ1) is 15.7. The molecule has 1 unspecified atom stereocenters. The molecule has 0 radical (unpaired) electrons. The van der Waals surface area contributed by atoms with Gasteiger partial charge in [0.05, 0.1) is 6.61 Å². The van der Waals surface area contributed by atoms with Gasteiger partial charge in [0.2, 0.25) is 0 Å². The molecule has 2 aromatic carbocycles. The summed E-state index contributed by atoms with van der Waals surface area (Å²) >= 11 is 0. The van der Waals surface area contributed by atoms with Gasteiger partial charge < -0.3 is 9.47 Å². The average Bonchev–Trinajstić information content (AvgIpc) is 2.60. The molecule has 0 aromatic heterocycles. The van der Waals surface area contributed by atoms with E-state index in [1.165, 1.54) is 5.56 Å². The van der Waals surface area contributed by atoms with Crippen molar-refractivity contribution in [2.45, 2.75) is 38.2 Å². The van der Waals surface area contributed by atoms with Crippen molar-refractivity contribution in [2.75, 3.05) is 6.61 Å². The summed E-state index contributed by atoms with van der Waals surface area (Å²) in [6, 6.07) is 18.4. The highest BCUT2D eigenvalue weighted by Crippen LogP contribution is 2.36. The van der Waals surface area contributed by atoms with Gasteiger partial charge in [-0.3, -0.25) is 0 Å². The molecule has 2 heteroatoms. The molecule has 0 N–H and O–H groups in total. The number of para-hydroxylation sites is 2. The van der Waals surface area contributed by atoms with Crippen LogP contribution in [-0.4, -0.2) is 12.2 Å². The number of benzene rings is 2. The third-order valence-electron chi connectivity index (χ3n) is 4.33. The topological polar surface area (TPSA) is 18.5 Å². The van der Waals surface area contributed by atoms with Crippen LogP contribution in [0.15, 0.2) is 66.7 Å². The molecule has 2 aromatic rings. The van der Waals surface area contributed by atoms with E-state index in [2.05, 4.69) is 37.3 Å². The van der Waals surface area contributed by atoms with E-state index in [4.69, 9.17) is 9.47 Å². The second kappa shape index (κ2) is 7.36. The molecule has 3 rings (SSSR count). The lowest BCUT2D eigenvalue weighted by molar-refractivity contribution is 0.0782. The van der Waals surface area contributed by atoms with Gasteiger partial charge in [-0.25, -0.2) is 0 Å². The van der Waals surface area contributed by atoms with Crippen molar-refractivity contribution in [1.82, 2.24) is 0 Å². The zero-order chi connectivity index (χ0) is 16.0. The Hall–Kier alpha value is -2.22. The van der Waals surface area contributed by atoms with Gasteiger partial charge in [-0.05, 0) is 62.4 Å². The van der Waals surface area contributed by atoms with Gasteiger partial charge in [-0.2, -0.15) is 0 Å². The first-order valence-electron chi connectivity index (χ1n) is 8.40. The van der Waals surface area contributed by atoms with Crippen LogP contribution in [0.25, 0.3) is 0 Å². The Morgan fingerprint density at radius 2 is 1.87 bits per heavy atom. The molecule has 0 bridgehead atoms. The highest BCUT2D eigenvalue weighted by Gasteiger charge is 2.33. The van der Waals surface area contributed by atoms with Crippen molar-refractivity contribution in [3.8, 4) is 11.5 Å². The fourth-order valence-electron chi connectivity index (χ4n) is 3.18. The highest BCUT2D eigenvalue weighted by molar-refractivity contribution is 5.37. The largest absolute Gasteiger partial charge is 0.494 e. The summed E-state index contributed by atoms with van der Waals surface area (Å²) in [5.41, 5.74) is 1.12. The molecule has 23 heavy (non-hydrogen) atoms. The van der Waals surface area contributed by atoms with Gasteiger partial charge in [-0.1, -0.05) is 42.5 Å². The maximum Gasteiger partial charge on any atom is 0.128 e. The van der Waals surface area contributed by atoms with Crippen molar-refractivity contribution in [3.63, 3.8) is 0 Å². The van der Waals surface area contributed by atoms with Gasteiger partial charge in [0.1, 0.15) is 17.1 Å². The second-order valence-electron chi connectivity index (χ2n) is 6.04. The predicted molar refractivity (Wildman–Crippen MR) is 94.1 cm³/mol. The molecule has 1 heterocycles. The van der Waals surface area contributed by atoms with Crippen LogP contribution in [0.2, 0.25) is 0 Å². The molecule has 1 aliphatic rings. The lowest BCUT2D eigenvalue weighted by Crippen LogP contribution is -2.38. The van der Waals surface area contributed by atoms with Crippen LogP contribution < -0.4 is 9.47 Å². The van der Waals surface area contributed by atoms with Crippen molar-refractivity contribution in [3.05, 3.63) is 72.3 Å². The Labute approximate surface area is 138 Å². The molecule has 1 aliphatic heterocycles. The van der Waals surface area contributed by atoms with Crippen LogP contribution in [0, 0.1) is 0 Å². The molecule has 0 saturated heterocycles. The van der Waals surface area contributed by atoms with Crippen LogP contribution in [0.3, 0.4) is 0 Å². The summed E-state index contributed by atoms with van der Waals surface area (Å²) in [6.07, 6.45) is 8.36. The molecule has 120 valence electrons. The maximum absolute atomic E-state index is 6.37. The van der Waals surface area contributed by atoms with Crippen LogP contribution >= 0.6 is 0 Å². The Kier molecular flexibility index (Phi) is 5.02. The molecule has 0 saturated carbocycles. The fourth-order valence-corrected chi connectivity index (χ4v) is 3.18. The molecular weight excluding hydrogens is 284 g/mol. The van der Waals surface area contributed by atoms with Crippen LogP contribution in [0.4, 0.5) is 0 Å². The molecule has 2 nitrogen and oxygen atoms in total. The minimum absolute atomic E-state index is 0.191. The standard InChI is InChI=1S/C21H24O2/c1-2-14-21(15-8-17-22-19-10-4-3-5-11-19)16-13-18-9-6-7-12-20(18)23-21/h2-7,9-12,14H,8,13,15-17H2,1H3/b14-2-. The summed E-state index contributed by atoms with van der Waals surface area (Å²) in [6.45, 7) is 2.78. The van der Waals surface area contributed by atoms with E-state index >= 15 is 0 Å². The van der Waals surface area contributed by atoms with Gasteiger partial charge in [0.15, 0.2) is 0 Å². The summed E-state index contributed by atoms with van der Waals surface area (Å²) in [4.78, 5) is 0. The fraction of sp³-hybridized carbons (Fsp3) is 0.333. The normalized spacial score (nSPS) is 20.0. The first-order chi connectivity index (χ1) is 11.3. The Morgan fingerprint density at radius 1 is 1.09 bits per heavy atom. The van der Waals surface area contributed by atoms with E-state index in [-0.39, 0.29) is 5.60 Å². The average molecular weight is 308 g/mol. The minimum Gasteiger partial charge on any atom is -0.494 e. The molecule has 0 fully saturated rings. The van der Waals surface area contributed by atoms with E-state index in [9.17, 15) is 0 Å². The Morgan fingerprint density at radius 3 is 2.70 bits per heavy atom. The van der Waals surface area contributed by atoms with E-state index < -0.39 is 0 Å². The number of ether oxygens (including phenoxy) is 2. The van der Waals surface area contributed by atoms with Gasteiger partial charge in [0, 0.05) is 0 Å². The predicted octanol–water partition coefficient (Wildman–Crippen LogP) is 5.19. The summed E-state index contributed by atoms with van der Waals surface area (Å²) < 4.78 is 12.2. The quantitative estimate of drug-likeness (QED) is 0.540. The van der Waals surface area contributed by atoms with Gasteiger partial charge in [-0.15, -0.1) is 0 Å². The Balaban J connectivity index is 1.59. The van der Waals surface area contributed by atoms with Crippen molar-refractivity contribution in [1.29, 1.82) is 0 Å². The summed E-state index contributed by atoms with van der Waals surface area (Å²) in [5, 5.41) is 0. The smallest absolute Gasteiger partial charge is 0.128 e. The number of fused-ring (bicyclic) bond motifs is 1. The van der Waals surface area contributed by atoms with E-state index in [1.807, 2.05) is 36.4 Å². The zero-order valence-corrected chi connectivity index (χ0v) is 13.7.